The van der Waals surface area contributed by atoms with Crippen LogP contribution in [-0.2, 0) is 6.42 Å². The van der Waals surface area contributed by atoms with Crippen molar-refractivity contribution in [3.8, 4) is 0 Å². The van der Waals surface area contributed by atoms with Crippen molar-refractivity contribution in [2.24, 2.45) is 0 Å². The molecule has 1 aromatic carbocycles. The molecule has 1 unspecified atom stereocenters. The van der Waals surface area contributed by atoms with Crippen LogP contribution in [0, 0.1) is 3.57 Å². The van der Waals surface area contributed by atoms with Gasteiger partial charge in [0.05, 0.1) is 9.89 Å². The highest BCUT2D eigenvalue weighted by Crippen LogP contribution is 2.27. The Labute approximate surface area is 121 Å². The van der Waals surface area contributed by atoms with E-state index in [9.17, 15) is 5.11 Å². The number of hydrogen-bond acceptors (Lipinski definition) is 2. The molecule has 0 amide bonds. The highest BCUT2D eigenvalue weighted by Gasteiger charge is 2.10. The van der Waals surface area contributed by atoms with Gasteiger partial charge in [0, 0.05) is 14.9 Å². The van der Waals surface area contributed by atoms with Gasteiger partial charge in [0.15, 0.2) is 0 Å². The highest BCUT2D eigenvalue weighted by atomic mass is 127. The maximum atomic E-state index is 10.1. The van der Waals surface area contributed by atoms with Crippen LogP contribution in [0.4, 0.5) is 0 Å². The third kappa shape index (κ3) is 3.29. The van der Waals surface area contributed by atoms with Crippen molar-refractivity contribution in [3.05, 3.63) is 54.2 Å². The van der Waals surface area contributed by atoms with Gasteiger partial charge in [0.2, 0.25) is 0 Å². The molecule has 2 aromatic rings. The summed E-state index contributed by atoms with van der Waals surface area (Å²) < 4.78 is 2.26. The predicted octanol–water partition coefficient (Wildman–Crippen LogP) is 4.39. The molecule has 1 aromatic heterocycles. The Morgan fingerprint density at radius 2 is 2.12 bits per heavy atom. The number of aliphatic hydroxyl groups excluding tert-OH is 1. The average Bonchev–Trinajstić information content (AvgIpc) is 2.64. The summed E-state index contributed by atoms with van der Waals surface area (Å²) >= 11 is 7.35. The van der Waals surface area contributed by atoms with E-state index in [1.165, 1.54) is 4.88 Å². The summed E-state index contributed by atoms with van der Waals surface area (Å²) in [5.74, 6) is 0. The van der Waals surface area contributed by atoms with E-state index in [0.29, 0.717) is 6.42 Å². The van der Waals surface area contributed by atoms with E-state index < -0.39 is 6.10 Å². The van der Waals surface area contributed by atoms with Crippen molar-refractivity contribution in [1.82, 2.24) is 0 Å². The van der Waals surface area contributed by atoms with E-state index in [1.54, 1.807) is 11.3 Å². The fourth-order valence-electron chi connectivity index (χ4n) is 1.48. The largest absolute Gasteiger partial charge is 0.388 e. The summed E-state index contributed by atoms with van der Waals surface area (Å²) in [6, 6.07) is 12.1. The summed E-state index contributed by atoms with van der Waals surface area (Å²) in [6.45, 7) is 0. The molecule has 0 aliphatic carbocycles. The van der Waals surface area contributed by atoms with Crippen LogP contribution in [0.15, 0.2) is 40.2 Å². The number of halogens is 2. The van der Waals surface area contributed by atoms with Crippen molar-refractivity contribution in [2.45, 2.75) is 12.5 Å². The van der Waals surface area contributed by atoms with Crippen molar-refractivity contribution in [2.75, 3.05) is 0 Å². The lowest BCUT2D eigenvalue weighted by atomic mass is 10.1. The van der Waals surface area contributed by atoms with Crippen LogP contribution in [0.3, 0.4) is 0 Å². The van der Waals surface area contributed by atoms with Crippen LogP contribution in [0.1, 0.15) is 16.5 Å². The normalized spacial score (nSPS) is 12.7. The lowest BCUT2D eigenvalue weighted by Crippen LogP contribution is -2.00. The SMILES string of the molecule is OC(Cc1ccc(Br)s1)c1cccc(I)c1. The van der Waals surface area contributed by atoms with Gasteiger partial charge in [0.25, 0.3) is 0 Å². The summed E-state index contributed by atoms with van der Waals surface area (Å²) in [5, 5.41) is 10.1. The van der Waals surface area contributed by atoms with E-state index in [1.807, 2.05) is 36.4 Å². The Bertz CT molecular complexity index is 483. The molecule has 1 atom stereocenters. The van der Waals surface area contributed by atoms with E-state index in [0.717, 1.165) is 12.9 Å². The molecule has 0 radical (unpaired) electrons. The molecule has 4 heteroatoms. The zero-order valence-electron chi connectivity index (χ0n) is 8.36. The average molecular weight is 409 g/mol. The van der Waals surface area contributed by atoms with Gasteiger partial charge < -0.3 is 5.11 Å². The second kappa shape index (κ2) is 5.62. The molecular formula is C12H10BrIOS. The molecule has 1 heterocycles. The van der Waals surface area contributed by atoms with Crippen LogP contribution in [-0.4, -0.2) is 5.11 Å². The molecule has 0 spiro atoms. The van der Waals surface area contributed by atoms with E-state index >= 15 is 0 Å². The van der Waals surface area contributed by atoms with E-state index in [2.05, 4.69) is 38.5 Å². The number of aliphatic hydroxyl groups is 1. The first kappa shape index (κ1) is 12.5. The van der Waals surface area contributed by atoms with Crippen molar-refractivity contribution in [3.63, 3.8) is 0 Å². The van der Waals surface area contributed by atoms with Gasteiger partial charge in [0.1, 0.15) is 0 Å². The molecule has 0 saturated carbocycles. The molecule has 84 valence electrons. The Morgan fingerprint density at radius 3 is 2.75 bits per heavy atom. The van der Waals surface area contributed by atoms with E-state index in [4.69, 9.17) is 0 Å². The maximum absolute atomic E-state index is 10.1. The molecule has 0 saturated heterocycles. The number of thiophene rings is 1. The van der Waals surface area contributed by atoms with Gasteiger partial charge in [-0.15, -0.1) is 11.3 Å². The monoisotopic (exact) mass is 408 g/mol. The van der Waals surface area contributed by atoms with Crippen LogP contribution < -0.4 is 0 Å². The lowest BCUT2D eigenvalue weighted by Gasteiger charge is -2.09. The summed E-state index contributed by atoms with van der Waals surface area (Å²) in [5.41, 5.74) is 0.983. The zero-order chi connectivity index (χ0) is 11.5. The smallest absolute Gasteiger partial charge is 0.0838 e. The van der Waals surface area contributed by atoms with Crippen LogP contribution in [0.5, 0.6) is 0 Å². The molecular weight excluding hydrogens is 399 g/mol. The Hall–Kier alpha value is 0.0900. The van der Waals surface area contributed by atoms with Gasteiger partial charge in [-0.05, 0) is 68.3 Å². The fraction of sp³-hybridized carbons (Fsp3) is 0.167. The second-order valence-corrected chi connectivity index (χ2v) is 7.27. The minimum atomic E-state index is -0.416. The Kier molecular flexibility index (Phi) is 4.41. The lowest BCUT2D eigenvalue weighted by molar-refractivity contribution is 0.179. The summed E-state index contributed by atoms with van der Waals surface area (Å²) in [7, 11) is 0. The third-order valence-electron chi connectivity index (χ3n) is 2.26. The van der Waals surface area contributed by atoms with Crippen molar-refractivity contribution >= 4 is 49.9 Å². The van der Waals surface area contributed by atoms with Gasteiger partial charge in [-0.25, -0.2) is 0 Å². The molecule has 0 fully saturated rings. The summed E-state index contributed by atoms with van der Waals surface area (Å²) in [4.78, 5) is 1.19. The van der Waals surface area contributed by atoms with Gasteiger partial charge in [-0.1, -0.05) is 12.1 Å². The van der Waals surface area contributed by atoms with Crippen molar-refractivity contribution in [1.29, 1.82) is 0 Å². The number of benzene rings is 1. The Balaban J connectivity index is 2.11. The van der Waals surface area contributed by atoms with Crippen LogP contribution >= 0.6 is 49.9 Å². The molecule has 1 nitrogen and oxygen atoms in total. The first-order valence-electron chi connectivity index (χ1n) is 4.83. The predicted molar refractivity (Wildman–Crippen MR) is 79.8 cm³/mol. The summed E-state index contributed by atoms with van der Waals surface area (Å²) in [6.07, 6.45) is 0.261. The maximum Gasteiger partial charge on any atom is 0.0838 e. The molecule has 0 aliphatic heterocycles. The number of rotatable bonds is 3. The molecule has 0 bridgehead atoms. The van der Waals surface area contributed by atoms with Gasteiger partial charge >= 0.3 is 0 Å². The molecule has 16 heavy (non-hydrogen) atoms. The fourth-order valence-corrected chi connectivity index (χ4v) is 3.57. The minimum Gasteiger partial charge on any atom is -0.388 e. The standard InChI is InChI=1S/C12H10BrIOS/c13-12-5-4-10(16-12)7-11(15)8-2-1-3-9(14)6-8/h1-6,11,15H,7H2. The molecule has 0 aliphatic rings. The first-order chi connectivity index (χ1) is 7.65. The second-order valence-electron chi connectivity index (χ2n) is 3.48. The number of hydrogen-bond donors (Lipinski definition) is 1. The van der Waals surface area contributed by atoms with E-state index in [-0.39, 0.29) is 0 Å². The highest BCUT2D eigenvalue weighted by molar-refractivity contribution is 14.1. The Morgan fingerprint density at radius 1 is 1.31 bits per heavy atom. The minimum absolute atomic E-state index is 0.416. The van der Waals surface area contributed by atoms with Crippen LogP contribution in [0.25, 0.3) is 0 Å². The zero-order valence-corrected chi connectivity index (χ0v) is 12.9. The van der Waals surface area contributed by atoms with Gasteiger partial charge in [-0.3, -0.25) is 0 Å². The first-order valence-corrected chi connectivity index (χ1v) is 7.52. The quantitative estimate of drug-likeness (QED) is 0.746. The molecule has 2 rings (SSSR count). The third-order valence-corrected chi connectivity index (χ3v) is 4.57. The molecule has 1 N–H and O–H groups in total. The van der Waals surface area contributed by atoms with Gasteiger partial charge in [-0.2, -0.15) is 0 Å². The topological polar surface area (TPSA) is 20.2 Å². The van der Waals surface area contributed by atoms with Crippen LogP contribution in [0.2, 0.25) is 0 Å². The van der Waals surface area contributed by atoms with Crippen molar-refractivity contribution < 1.29 is 5.11 Å².